The van der Waals surface area contributed by atoms with Crippen LogP contribution in [0.15, 0.2) is 23.1 Å². The molecule has 0 saturated carbocycles. The Labute approximate surface area is 123 Å². The normalized spacial score (nSPS) is 11.6. The molecule has 0 unspecified atom stereocenters. The van der Waals surface area contributed by atoms with Crippen LogP contribution in [0, 0.1) is 0 Å². The summed E-state index contributed by atoms with van der Waals surface area (Å²) in [5, 5.41) is 0.357. The molecule has 2 N–H and O–H groups in total. The molecular formula is C12H17ClN2O4S. The molecule has 0 spiro atoms. The van der Waals surface area contributed by atoms with Crippen molar-refractivity contribution in [2.75, 3.05) is 25.9 Å². The number of hydrogen-bond acceptors (Lipinski definition) is 5. The van der Waals surface area contributed by atoms with Gasteiger partial charge >= 0.3 is 5.97 Å². The Morgan fingerprint density at radius 3 is 2.65 bits per heavy atom. The number of nitrogens with two attached hydrogens (primary N) is 1. The van der Waals surface area contributed by atoms with Crippen molar-refractivity contribution in [1.29, 1.82) is 0 Å². The number of benzene rings is 1. The van der Waals surface area contributed by atoms with E-state index in [-0.39, 0.29) is 30.2 Å². The smallest absolute Gasteiger partial charge is 0.307 e. The number of carbonyl (C=O) groups excluding carboxylic acids is 1. The van der Waals surface area contributed by atoms with E-state index in [4.69, 9.17) is 22.1 Å². The van der Waals surface area contributed by atoms with Crippen LogP contribution in [0.3, 0.4) is 0 Å². The molecule has 20 heavy (non-hydrogen) atoms. The van der Waals surface area contributed by atoms with E-state index in [1.165, 1.54) is 25.2 Å². The highest BCUT2D eigenvalue weighted by molar-refractivity contribution is 7.89. The molecule has 8 heteroatoms. The highest BCUT2D eigenvalue weighted by atomic mass is 35.5. The van der Waals surface area contributed by atoms with Crippen molar-refractivity contribution in [3.05, 3.63) is 23.2 Å². The monoisotopic (exact) mass is 320 g/mol. The van der Waals surface area contributed by atoms with E-state index in [1.54, 1.807) is 6.92 Å². The maximum Gasteiger partial charge on any atom is 0.307 e. The second kappa shape index (κ2) is 6.92. The van der Waals surface area contributed by atoms with Crippen LogP contribution in [0.2, 0.25) is 5.02 Å². The summed E-state index contributed by atoms with van der Waals surface area (Å²) in [4.78, 5) is 11.2. The fourth-order valence-electron chi connectivity index (χ4n) is 1.52. The zero-order chi connectivity index (χ0) is 15.3. The second-order valence-electron chi connectivity index (χ2n) is 4.06. The van der Waals surface area contributed by atoms with Gasteiger partial charge in [-0.15, -0.1) is 0 Å². The van der Waals surface area contributed by atoms with Crippen molar-refractivity contribution < 1.29 is 17.9 Å². The molecule has 0 fully saturated rings. The van der Waals surface area contributed by atoms with Crippen LogP contribution in [0.4, 0.5) is 5.69 Å². The molecule has 0 aliphatic carbocycles. The molecule has 0 aromatic heterocycles. The minimum atomic E-state index is -3.76. The Morgan fingerprint density at radius 1 is 1.45 bits per heavy atom. The molecule has 0 bridgehead atoms. The van der Waals surface area contributed by atoms with Gasteiger partial charge in [0.2, 0.25) is 10.0 Å². The van der Waals surface area contributed by atoms with E-state index in [1.807, 2.05) is 0 Å². The highest BCUT2D eigenvalue weighted by Gasteiger charge is 2.23. The van der Waals surface area contributed by atoms with Crippen molar-refractivity contribution >= 4 is 33.3 Å². The summed E-state index contributed by atoms with van der Waals surface area (Å²) in [7, 11) is -2.38. The van der Waals surface area contributed by atoms with Crippen LogP contribution < -0.4 is 5.73 Å². The second-order valence-corrected chi connectivity index (χ2v) is 6.51. The lowest BCUT2D eigenvalue weighted by molar-refractivity contribution is -0.143. The van der Waals surface area contributed by atoms with Gasteiger partial charge in [0, 0.05) is 18.6 Å². The van der Waals surface area contributed by atoms with E-state index in [0.29, 0.717) is 5.02 Å². The third kappa shape index (κ3) is 4.09. The molecule has 1 aromatic rings. The first-order valence-corrected chi connectivity index (χ1v) is 7.77. The minimum Gasteiger partial charge on any atom is -0.466 e. The van der Waals surface area contributed by atoms with Crippen molar-refractivity contribution in [3.8, 4) is 0 Å². The van der Waals surface area contributed by atoms with Gasteiger partial charge in [0.15, 0.2) is 0 Å². The van der Waals surface area contributed by atoms with E-state index < -0.39 is 16.0 Å². The number of ether oxygens (including phenoxy) is 1. The first kappa shape index (κ1) is 16.7. The maximum absolute atomic E-state index is 12.3. The molecule has 112 valence electrons. The van der Waals surface area contributed by atoms with Crippen molar-refractivity contribution in [1.82, 2.24) is 4.31 Å². The number of halogens is 1. The molecule has 1 rings (SSSR count). The number of nitrogen functional groups attached to an aromatic ring is 1. The van der Waals surface area contributed by atoms with Gasteiger partial charge in [-0.2, -0.15) is 0 Å². The molecule has 0 aliphatic heterocycles. The highest BCUT2D eigenvalue weighted by Crippen LogP contribution is 2.24. The molecule has 0 amide bonds. The first-order chi connectivity index (χ1) is 9.28. The van der Waals surface area contributed by atoms with Gasteiger partial charge in [-0.1, -0.05) is 11.6 Å². The molecule has 0 atom stereocenters. The quantitative estimate of drug-likeness (QED) is 0.633. The molecule has 1 aromatic carbocycles. The number of hydrogen-bond donors (Lipinski definition) is 1. The van der Waals surface area contributed by atoms with Gasteiger partial charge < -0.3 is 10.5 Å². The maximum atomic E-state index is 12.3. The Bertz CT molecular complexity index is 589. The van der Waals surface area contributed by atoms with Crippen molar-refractivity contribution in [3.63, 3.8) is 0 Å². The van der Waals surface area contributed by atoms with Gasteiger partial charge in [0.25, 0.3) is 0 Å². The van der Waals surface area contributed by atoms with Crippen molar-refractivity contribution in [2.45, 2.75) is 18.2 Å². The average molecular weight is 321 g/mol. The molecule has 0 aliphatic rings. The van der Waals surface area contributed by atoms with E-state index in [2.05, 4.69) is 0 Å². The molecule has 6 nitrogen and oxygen atoms in total. The summed E-state index contributed by atoms with van der Waals surface area (Å²) in [5.74, 6) is -0.446. The summed E-state index contributed by atoms with van der Waals surface area (Å²) in [6.07, 6.45) is -0.0168. The topological polar surface area (TPSA) is 89.7 Å². The summed E-state index contributed by atoms with van der Waals surface area (Å²) < 4.78 is 30.4. The number of anilines is 1. The predicted molar refractivity (Wildman–Crippen MR) is 76.9 cm³/mol. The van der Waals surface area contributed by atoms with Crippen LogP contribution in [0.5, 0.6) is 0 Å². The zero-order valence-corrected chi connectivity index (χ0v) is 12.9. The standard InChI is InChI=1S/C12H17ClN2O4S/c1-3-19-12(16)6-7-15(2)20(17,18)11-5-4-9(13)8-10(11)14/h4-5,8H,3,6-7,14H2,1-2H3. The molecular weight excluding hydrogens is 304 g/mol. The van der Waals surface area contributed by atoms with Gasteiger partial charge in [0.1, 0.15) is 4.90 Å². The summed E-state index contributed by atoms with van der Waals surface area (Å²) in [6, 6.07) is 4.16. The Kier molecular flexibility index (Phi) is 5.79. The average Bonchev–Trinajstić information content (AvgIpc) is 2.35. The number of nitrogens with zero attached hydrogens (tertiary/aromatic N) is 1. The van der Waals surface area contributed by atoms with E-state index >= 15 is 0 Å². The van der Waals surface area contributed by atoms with E-state index in [9.17, 15) is 13.2 Å². The number of sulfonamides is 1. The fourth-order valence-corrected chi connectivity index (χ4v) is 2.97. The Morgan fingerprint density at radius 2 is 2.10 bits per heavy atom. The van der Waals surface area contributed by atoms with Gasteiger partial charge in [-0.05, 0) is 25.1 Å². The Hall–Kier alpha value is -1.31. The van der Waals surface area contributed by atoms with Gasteiger partial charge in [0.05, 0.1) is 18.7 Å². The molecule has 0 radical (unpaired) electrons. The lowest BCUT2D eigenvalue weighted by Gasteiger charge is -2.18. The van der Waals surface area contributed by atoms with Gasteiger partial charge in [-0.25, -0.2) is 12.7 Å². The number of carbonyl (C=O) groups is 1. The number of rotatable bonds is 6. The molecule has 0 heterocycles. The van der Waals surface area contributed by atoms with Crippen LogP contribution in [-0.4, -0.2) is 38.9 Å². The summed E-state index contributed by atoms with van der Waals surface area (Å²) >= 11 is 5.73. The van der Waals surface area contributed by atoms with Crippen LogP contribution >= 0.6 is 11.6 Å². The third-order valence-corrected chi connectivity index (χ3v) is 4.76. The first-order valence-electron chi connectivity index (χ1n) is 5.96. The number of esters is 1. The van der Waals surface area contributed by atoms with Crippen LogP contribution in [-0.2, 0) is 19.6 Å². The molecule has 0 saturated heterocycles. The zero-order valence-electron chi connectivity index (χ0n) is 11.3. The Balaban J connectivity index is 2.85. The van der Waals surface area contributed by atoms with E-state index in [0.717, 1.165) is 4.31 Å². The summed E-state index contributed by atoms with van der Waals surface area (Å²) in [5.41, 5.74) is 5.74. The fraction of sp³-hybridized carbons (Fsp3) is 0.417. The van der Waals surface area contributed by atoms with Crippen molar-refractivity contribution in [2.24, 2.45) is 0 Å². The van der Waals surface area contributed by atoms with Crippen LogP contribution in [0.25, 0.3) is 0 Å². The third-order valence-electron chi connectivity index (χ3n) is 2.60. The minimum absolute atomic E-state index is 0.0168. The van der Waals surface area contributed by atoms with Gasteiger partial charge in [-0.3, -0.25) is 4.79 Å². The van der Waals surface area contributed by atoms with Crippen LogP contribution in [0.1, 0.15) is 13.3 Å². The SMILES string of the molecule is CCOC(=O)CCN(C)S(=O)(=O)c1ccc(Cl)cc1N. The lowest BCUT2D eigenvalue weighted by atomic mass is 10.3. The summed E-state index contributed by atoms with van der Waals surface area (Å²) in [6.45, 7) is 1.97. The lowest BCUT2D eigenvalue weighted by Crippen LogP contribution is -2.30. The predicted octanol–water partition coefficient (Wildman–Crippen LogP) is 1.50. The largest absolute Gasteiger partial charge is 0.466 e.